The minimum Gasteiger partial charge on any atom is -0.482 e. The van der Waals surface area contributed by atoms with Crippen LogP contribution in [0.1, 0.15) is 28.4 Å². The van der Waals surface area contributed by atoms with Crippen LogP contribution in [0.4, 0.5) is 11.4 Å². The third kappa shape index (κ3) is 5.61. The third-order valence-corrected chi connectivity index (χ3v) is 6.26. The van der Waals surface area contributed by atoms with Crippen molar-refractivity contribution in [1.82, 2.24) is 4.90 Å². The summed E-state index contributed by atoms with van der Waals surface area (Å²) < 4.78 is 5.67. The second-order valence-corrected chi connectivity index (χ2v) is 8.67. The van der Waals surface area contributed by atoms with Gasteiger partial charge in [-0.15, -0.1) is 0 Å². The number of likely N-dealkylation sites (N-methyl/N-ethyl adjacent to an activating group) is 1. The molecule has 1 saturated heterocycles. The minimum atomic E-state index is -1.04. The lowest BCUT2D eigenvalue weighted by molar-refractivity contribution is -0.386. The highest BCUT2D eigenvalue weighted by atomic mass is 32.2. The number of carboxylic acids is 1. The van der Waals surface area contributed by atoms with Gasteiger partial charge in [-0.2, -0.15) is 0 Å². The number of hydrogen-bond donors (Lipinski definition) is 1. The summed E-state index contributed by atoms with van der Waals surface area (Å²) in [6, 6.07) is 19.9. The second-order valence-electron chi connectivity index (χ2n) is 7.67. The zero-order chi connectivity index (χ0) is 25.7. The molecule has 0 aromatic heterocycles. The summed E-state index contributed by atoms with van der Waals surface area (Å²) in [5, 5.41) is 21.2. The molecule has 0 aliphatic carbocycles. The molecule has 182 valence electrons. The highest BCUT2D eigenvalue weighted by Gasteiger charge is 2.32. The number of carbonyl (C=O) groups is 2. The van der Waals surface area contributed by atoms with Gasteiger partial charge >= 0.3 is 11.7 Å². The van der Waals surface area contributed by atoms with Crippen molar-refractivity contribution in [3.8, 4) is 5.75 Å². The predicted molar refractivity (Wildman–Crippen MR) is 137 cm³/mol. The van der Waals surface area contributed by atoms with E-state index in [1.165, 1.54) is 29.2 Å². The van der Waals surface area contributed by atoms with Crippen LogP contribution >= 0.6 is 11.8 Å². The fourth-order valence-electron chi connectivity index (χ4n) is 3.43. The third-order valence-electron chi connectivity index (χ3n) is 5.26. The Bertz CT molecular complexity index is 1370. The molecule has 0 unspecified atom stereocenters. The van der Waals surface area contributed by atoms with Gasteiger partial charge in [0.2, 0.25) is 0 Å². The summed E-state index contributed by atoms with van der Waals surface area (Å²) >= 11 is 1.15. The van der Waals surface area contributed by atoms with Crippen LogP contribution in [-0.2, 0) is 11.4 Å². The number of aromatic carboxylic acids is 1. The lowest BCUT2D eigenvalue weighted by Gasteiger charge is -2.12. The number of benzene rings is 3. The number of nitro benzene ring substituents is 1. The van der Waals surface area contributed by atoms with Gasteiger partial charge < -0.3 is 9.84 Å². The molecular weight excluding hydrogens is 482 g/mol. The number of nitrogens with zero attached hydrogens (tertiary/aromatic N) is 3. The fourth-order valence-corrected chi connectivity index (χ4v) is 4.50. The molecule has 9 nitrogen and oxygen atoms in total. The van der Waals surface area contributed by atoms with Gasteiger partial charge in [-0.1, -0.05) is 36.4 Å². The topological polar surface area (TPSA) is 122 Å². The maximum atomic E-state index is 12.9. The molecule has 3 aromatic carbocycles. The molecular formula is C26H21N3O6S. The monoisotopic (exact) mass is 503 g/mol. The molecule has 0 bridgehead atoms. The smallest absolute Gasteiger partial charge is 0.335 e. The van der Waals surface area contributed by atoms with Crippen molar-refractivity contribution in [2.24, 2.45) is 4.99 Å². The Kier molecular flexibility index (Phi) is 7.45. The van der Waals surface area contributed by atoms with Gasteiger partial charge in [0.05, 0.1) is 21.1 Å². The molecule has 10 heteroatoms. The number of rotatable bonds is 8. The van der Waals surface area contributed by atoms with Crippen molar-refractivity contribution in [3.63, 3.8) is 0 Å². The summed E-state index contributed by atoms with van der Waals surface area (Å²) in [5.41, 5.74) is 1.81. The van der Waals surface area contributed by atoms with Crippen molar-refractivity contribution in [2.75, 3.05) is 6.54 Å². The molecule has 0 saturated carbocycles. The van der Waals surface area contributed by atoms with Gasteiger partial charge in [0.1, 0.15) is 6.61 Å². The van der Waals surface area contributed by atoms with Crippen LogP contribution in [0.3, 0.4) is 0 Å². The fraction of sp³-hybridized carbons (Fsp3) is 0.115. The van der Waals surface area contributed by atoms with Crippen LogP contribution < -0.4 is 4.74 Å². The molecule has 1 N–H and O–H groups in total. The Morgan fingerprint density at radius 2 is 1.86 bits per heavy atom. The summed E-state index contributed by atoms with van der Waals surface area (Å²) in [6.07, 6.45) is 1.58. The van der Waals surface area contributed by atoms with Crippen molar-refractivity contribution in [3.05, 3.63) is 105 Å². The molecule has 1 fully saturated rings. The molecule has 3 aromatic rings. The largest absolute Gasteiger partial charge is 0.482 e. The lowest BCUT2D eigenvalue weighted by Crippen LogP contribution is -2.28. The van der Waals surface area contributed by atoms with E-state index in [1.807, 2.05) is 37.3 Å². The van der Waals surface area contributed by atoms with Crippen LogP contribution in [0.25, 0.3) is 6.08 Å². The van der Waals surface area contributed by atoms with Gasteiger partial charge in [-0.25, -0.2) is 9.79 Å². The molecule has 1 amide bonds. The van der Waals surface area contributed by atoms with Gasteiger partial charge in [0.25, 0.3) is 5.91 Å². The van der Waals surface area contributed by atoms with Gasteiger partial charge in [0, 0.05) is 12.6 Å². The zero-order valence-corrected chi connectivity index (χ0v) is 20.0. The first kappa shape index (κ1) is 24.7. The van der Waals surface area contributed by atoms with Crippen molar-refractivity contribution in [2.45, 2.75) is 13.5 Å². The summed E-state index contributed by atoms with van der Waals surface area (Å²) in [5.74, 6) is -1.17. The van der Waals surface area contributed by atoms with Crippen molar-refractivity contribution >= 4 is 46.3 Å². The van der Waals surface area contributed by atoms with Crippen LogP contribution in [-0.4, -0.2) is 38.5 Å². The van der Waals surface area contributed by atoms with E-state index in [0.717, 1.165) is 17.3 Å². The molecule has 1 aliphatic rings. The summed E-state index contributed by atoms with van der Waals surface area (Å²) in [6.45, 7) is 2.38. The number of carbonyl (C=O) groups excluding carboxylic acids is 1. The number of thioether (sulfide) groups is 1. The quantitative estimate of drug-likeness (QED) is 0.245. The minimum absolute atomic E-state index is 0.138. The van der Waals surface area contributed by atoms with E-state index in [4.69, 9.17) is 9.84 Å². The van der Waals surface area contributed by atoms with E-state index in [0.29, 0.717) is 27.9 Å². The van der Waals surface area contributed by atoms with E-state index < -0.39 is 10.9 Å². The van der Waals surface area contributed by atoms with Crippen LogP contribution in [0.5, 0.6) is 5.75 Å². The molecule has 1 aliphatic heterocycles. The molecule has 4 rings (SSSR count). The van der Waals surface area contributed by atoms with E-state index in [2.05, 4.69) is 4.99 Å². The average molecular weight is 504 g/mol. The summed E-state index contributed by atoms with van der Waals surface area (Å²) in [4.78, 5) is 41.5. The lowest BCUT2D eigenvalue weighted by atomic mass is 10.1. The van der Waals surface area contributed by atoms with E-state index >= 15 is 0 Å². The highest BCUT2D eigenvalue weighted by molar-refractivity contribution is 8.18. The van der Waals surface area contributed by atoms with Crippen molar-refractivity contribution in [1.29, 1.82) is 0 Å². The first-order valence-corrected chi connectivity index (χ1v) is 11.8. The number of hydrogen-bond acceptors (Lipinski definition) is 7. The second kappa shape index (κ2) is 10.9. The van der Waals surface area contributed by atoms with E-state index in [1.54, 1.807) is 24.3 Å². The number of amidine groups is 1. The first-order chi connectivity index (χ1) is 17.4. The Labute approximate surface area is 210 Å². The highest BCUT2D eigenvalue weighted by Crippen LogP contribution is 2.36. The number of carboxylic acid groups (broad SMARTS) is 1. The van der Waals surface area contributed by atoms with Crippen LogP contribution in [0, 0.1) is 10.1 Å². The zero-order valence-electron chi connectivity index (χ0n) is 19.2. The number of nitro groups is 1. The van der Waals surface area contributed by atoms with Gasteiger partial charge in [-0.05, 0) is 66.2 Å². The van der Waals surface area contributed by atoms with Crippen molar-refractivity contribution < 1.29 is 24.4 Å². The maximum absolute atomic E-state index is 12.9. The maximum Gasteiger partial charge on any atom is 0.335 e. The van der Waals surface area contributed by atoms with E-state index in [9.17, 15) is 19.7 Å². The summed E-state index contributed by atoms with van der Waals surface area (Å²) in [7, 11) is 0. The first-order valence-electron chi connectivity index (χ1n) is 10.9. The standard InChI is InChI=1S/C26H21N3O6S/c1-2-28-24(30)23(36-26(28)27-20-11-9-19(10-12-20)25(31)32)15-18-8-13-22(21(14-18)29(33)34)35-16-17-6-4-3-5-7-17/h3-15H,2,16H2,1H3,(H,31,32)/b23-15+,27-26?. The van der Waals surface area contributed by atoms with Gasteiger partial charge in [-0.3, -0.25) is 19.8 Å². The van der Waals surface area contributed by atoms with Crippen LogP contribution in [0.2, 0.25) is 0 Å². The number of amides is 1. The normalized spacial score (nSPS) is 15.5. The predicted octanol–water partition coefficient (Wildman–Crippen LogP) is 5.50. The average Bonchev–Trinajstić information content (AvgIpc) is 3.17. The Morgan fingerprint density at radius 3 is 2.50 bits per heavy atom. The Morgan fingerprint density at radius 1 is 1.14 bits per heavy atom. The Balaban J connectivity index is 1.57. The number of ether oxygens (including phenoxy) is 1. The molecule has 1 heterocycles. The van der Waals surface area contributed by atoms with Crippen LogP contribution in [0.15, 0.2) is 82.7 Å². The Hall–Kier alpha value is -4.44. The molecule has 0 spiro atoms. The molecule has 0 atom stereocenters. The molecule has 36 heavy (non-hydrogen) atoms. The SMILES string of the molecule is CCN1C(=O)/C(=C\c2ccc(OCc3ccccc3)c([N+](=O)[O-])c2)SC1=Nc1ccc(C(=O)O)cc1. The molecule has 0 radical (unpaired) electrons. The van der Waals surface area contributed by atoms with E-state index in [-0.39, 0.29) is 29.5 Å². The number of aliphatic imine (C=N–C) groups is 1. The van der Waals surface area contributed by atoms with Gasteiger partial charge in [0.15, 0.2) is 10.9 Å².